The number of carbonyl (C=O) groups excluding carboxylic acids is 1. The molecule has 1 aliphatic rings. The standard InChI is InChI=1S/C14H12N2O/c17-9-12-7-11(10-4-5-10)8-16-14(12)13-3-1-2-6-15-13/h1-3,6-10H,4-5H2. The molecule has 0 aromatic carbocycles. The smallest absolute Gasteiger partial charge is 0.152 e. The van der Waals surface area contributed by atoms with E-state index in [2.05, 4.69) is 9.97 Å². The van der Waals surface area contributed by atoms with Crippen molar-refractivity contribution in [2.24, 2.45) is 0 Å². The minimum atomic E-state index is 0.610. The maximum Gasteiger partial charge on any atom is 0.152 e. The van der Waals surface area contributed by atoms with Crippen molar-refractivity contribution >= 4 is 6.29 Å². The highest BCUT2D eigenvalue weighted by atomic mass is 16.1. The molecule has 2 aromatic heterocycles. The molecule has 0 unspecified atom stereocenters. The monoisotopic (exact) mass is 224 g/mol. The van der Waals surface area contributed by atoms with Crippen LogP contribution >= 0.6 is 0 Å². The zero-order chi connectivity index (χ0) is 11.7. The van der Waals surface area contributed by atoms with Crippen molar-refractivity contribution in [3.8, 4) is 11.4 Å². The topological polar surface area (TPSA) is 42.9 Å². The quantitative estimate of drug-likeness (QED) is 0.753. The Labute approximate surface area is 99.5 Å². The third kappa shape index (κ3) is 1.96. The molecule has 0 N–H and O–H groups in total. The molecule has 17 heavy (non-hydrogen) atoms. The van der Waals surface area contributed by atoms with Crippen LogP contribution in [0.25, 0.3) is 11.4 Å². The molecular formula is C14H12N2O. The average molecular weight is 224 g/mol. The van der Waals surface area contributed by atoms with Crippen LogP contribution in [0, 0.1) is 0 Å². The lowest BCUT2D eigenvalue weighted by molar-refractivity contribution is 0.112. The molecule has 3 rings (SSSR count). The van der Waals surface area contributed by atoms with Gasteiger partial charge < -0.3 is 0 Å². The zero-order valence-corrected chi connectivity index (χ0v) is 9.34. The number of hydrogen-bond donors (Lipinski definition) is 0. The molecule has 0 atom stereocenters. The minimum absolute atomic E-state index is 0.610. The van der Waals surface area contributed by atoms with E-state index in [9.17, 15) is 4.79 Å². The first-order chi connectivity index (χ1) is 8.38. The molecule has 1 fully saturated rings. The van der Waals surface area contributed by atoms with Crippen LogP contribution in [0.1, 0.15) is 34.7 Å². The summed E-state index contributed by atoms with van der Waals surface area (Å²) in [5, 5.41) is 0. The van der Waals surface area contributed by atoms with Crippen LogP contribution in [0.3, 0.4) is 0 Å². The Balaban J connectivity index is 2.07. The molecule has 2 heterocycles. The van der Waals surface area contributed by atoms with Gasteiger partial charge in [-0.3, -0.25) is 14.8 Å². The summed E-state index contributed by atoms with van der Waals surface area (Å²) in [5.74, 6) is 0.610. The largest absolute Gasteiger partial charge is 0.298 e. The van der Waals surface area contributed by atoms with Crippen molar-refractivity contribution < 1.29 is 4.79 Å². The Hall–Kier alpha value is -2.03. The van der Waals surface area contributed by atoms with E-state index in [-0.39, 0.29) is 0 Å². The van der Waals surface area contributed by atoms with Gasteiger partial charge in [0.25, 0.3) is 0 Å². The van der Waals surface area contributed by atoms with Crippen LogP contribution in [0.5, 0.6) is 0 Å². The van der Waals surface area contributed by atoms with Crippen LogP contribution in [-0.2, 0) is 0 Å². The molecule has 0 spiro atoms. The Morgan fingerprint density at radius 1 is 1.24 bits per heavy atom. The van der Waals surface area contributed by atoms with E-state index >= 15 is 0 Å². The first-order valence-electron chi connectivity index (χ1n) is 5.75. The zero-order valence-electron chi connectivity index (χ0n) is 9.34. The fraction of sp³-hybridized carbons (Fsp3) is 0.214. The van der Waals surface area contributed by atoms with Crippen LogP contribution in [0.2, 0.25) is 0 Å². The number of rotatable bonds is 3. The summed E-state index contributed by atoms with van der Waals surface area (Å²) >= 11 is 0. The lowest BCUT2D eigenvalue weighted by atomic mass is 10.1. The van der Waals surface area contributed by atoms with Crippen molar-refractivity contribution in [2.45, 2.75) is 18.8 Å². The van der Waals surface area contributed by atoms with Gasteiger partial charge in [0.05, 0.1) is 11.4 Å². The van der Waals surface area contributed by atoms with Gasteiger partial charge in [0, 0.05) is 18.0 Å². The minimum Gasteiger partial charge on any atom is -0.298 e. The molecule has 0 saturated heterocycles. The summed E-state index contributed by atoms with van der Waals surface area (Å²) in [7, 11) is 0. The summed E-state index contributed by atoms with van der Waals surface area (Å²) in [4.78, 5) is 19.7. The molecule has 2 aromatic rings. The molecule has 1 saturated carbocycles. The summed E-state index contributed by atoms with van der Waals surface area (Å²) in [5.41, 5.74) is 3.22. The lowest BCUT2D eigenvalue weighted by Crippen LogP contribution is -1.96. The van der Waals surface area contributed by atoms with Crippen LogP contribution in [0.15, 0.2) is 36.7 Å². The Morgan fingerprint density at radius 3 is 2.76 bits per heavy atom. The third-order valence-corrected chi connectivity index (χ3v) is 3.02. The van der Waals surface area contributed by atoms with E-state index in [1.165, 1.54) is 18.4 Å². The maximum absolute atomic E-state index is 11.1. The van der Waals surface area contributed by atoms with Crippen molar-refractivity contribution in [1.82, 2.24) is 9.97 Å². The molecular weight excluding hydrogens is 212 g/mol. The van der Waals surface area contributed by atoms with Crippen molar-refractivity contribution in [1.29, 1.82) is 0 Å². The molecule has 0 amide bonds. The molecule has 84 valence electrons. The van der Waals surface area contributed by atoms with Gasteiger partial charge in [-0.05, 0) is 42.5 Å². The molecule has 3 nitrogen and oxygen atoms in total. The number of aromatic nitrogens is 2. The third-order valence-electron chi connectivity index (χ3n) is 3.02. The second-order valence-electron chi connectivity index (χ2n) is 4.31. The van der Waals surface area contributed by atoms with Gasteiger partial charge in [-0.25, -0.2) is 0 Å². The van der Waals surface area contributed by atoms with E-state index in [1.807, 2.05) is 30.5 Å². The number of aldehydes is 1. The van der Waals surface area contributed by atoms with Gasteiger partial charge in [-0.15, -0.1) is 0 Å². The van der Waals surface area contributed by atoms with Gasteiger partial charge in [-0.1, -0.05) is 6.07 Å². The molecule has 3 heteroatoms. The first-order valence-corrected chi connectivity index (χ1v) is 5.75. The van der Waals surface area contributed by atoms with E-state index in [1.54, 1.807) is 6.20 Å². The van der Waals surface area contributed by atoms with Gasteiger partial charge in [0.2, 0.25) is 0 Å². The lowest BCUT2D eigenvalue weighted by Gasteiger charge is -2.05. The van der Waals surface area contributed by atoms with Crippen molar-refractivity contribution in [3.63, 3.8) is 0 Å². The van der Waals surface area contributed by atoms with Gasteiger partial charge in [0.15, 0.2) is 6.29 Å². The summed E-state index contributed by atoms with van der Waals surface area (Å²) in [6.45, 7) is 0. The highest BCUT2D eigenvalue weighted by Gasteiger charge is 2.24. The van der Waals surface area contributed by atoms with Gasteiger partial charge >= 0.3 is 0 Å². The second-order valence-corrected chi connectivity index (χ2v) is 4.31. The predicted octanol–water partition coefficient (Wildman–Crippen LogP) is 2.83. The number of carbonyl (C=O) groups is 1. The average Bonchev–Trinajstić information content (AvgIpc) is 3.23. The number of hydrogen-bond acceptors (Lipinski definition) is 3. The van der Waals surface area contributed by atoms with Gasteiger partial charge in [-0.2, -0.15) is 0 Å². The normalized spacial score (nSPS) is 14.6. The Kier molecular flexibility index (Phi) is 2.44. The van der Waals surface area contributed by atoms with Crippen LogP contribution in [0.4, 0.5) is 0 Å². The summed E-state index contributed by atoms with van der Waals surface area (Å²) < 4.78 is 0. The molecule has 0 radical (unpaired) electrons. The number of pyridine rings is 2. The second kappa shape index (κ2) is 4.09. The Morgan fingerprint density at radius 2 is 2.12 bits per heavy atom. The molecule has 1 aliphatic carbocycles. The fourth-order valence-corrected chi connectivity index (χ4v) is 1.95. The van der Waals surface area contributed by atoms with Crippen LogP contribution in [-0.4, -0.2) is 16.3 Å². The van der Waals surface area contributed by atoms with Gasteiger partial charge in [0.1, 0.15) is 0 Å². The highest BCUT2D eigenvalue weighted by molar-refractivity contribution is 5.84. The van der Waals surface area contributed by atoms with E-state index in [0.717, 1.165) is 12.0 Å². The van der Waals surface area contributed by atoms with E-state index < -0.39 is 0 Å². The van der Waals surface area contributed by atoms with E-state index in [4.69, 9.17) is 0 Å². The van der Waals surface area contributed by atoms with Crippen LogP contribution < -0.4 is 0 Å². The SMILES string of the molecule is O=Cc1cc(C2CC2)cnc1-c1ccccn1. The molecule has 0 bridgehead atoms. The highest BCUT2D eigenvalue weighted by Crippen LogP contribution is 2.40. The summed E-state index contributed by atoms with van der Waals surface area (Å²) in [6.07, 6.45) is 6.86. The fourth-order valence-electron chi connectivity index (χ4n) is 1.95. The maximum atomic E-state index is 11.1. The number of nitrogens with zero attached hydrogens (tertiary/aromatic N) is 2. The van der Waals surface area contributed by atoms with E-state index in [0.29, 0.717) is 17.2 Å². The van der Waals surface area contributed by atoms with Crippen molar-refractivity contribution in [3.05, 3.63) is 47.8 Å². The predicted molar refractivity (Wildman–Crippen MR) is 64.8 cm³/mol. The molecule has 0 aliphatic heterocycles. The first kappa shape index (κ1) is 10.1. The summed E-state index contributed by atoms with van der Waals surface area (Å²) in [6, 6.07) is 7.56. The Bertz CT molecular complexity index is 547. The van der Waals surface area contributed by atoms with Crippen molar-refractivity contribution in [2.75, 3.05) is 0 Å².